The molecule has 4 rings (SSSR count). The third-order valence-electron chi connectivity index (χ3n) is 6.31. The average molecular weight is 326 g/mol. The molecule has 0 bridgehead atoms. The molecule has 3 heteroatoms. The van der Waals surface area contributed by atoms with Gasteiger partial charge in [-0.15, -0.1) is 0 Å². The van der Waals surface area contributed by atoms with Gasteiger partial charge in [-0.25, -0.2) is 4.79 Å². The summed E-state index contributed by atoms with van der Waals surface area (Å²) in [5, 5.41) is 9.79. The summed E-state index contributed by atoms with van der Waals surface area (Å²) in [6.07, 6.45) is 7.23. The van der Waals surface area contributed by atoms with Gasteiger partial charge in [-0.1, -0.05) is 25.0 Å². The molecule has 1 aromatic carbocycles. The highest BCUT2D eigenvalue weighted by Crippen LogP contribution is 2.63. The van der Waals surface area contributed by atoms with Crippen LogP contribution in [0.2, 0.25) is 0 Å². The predicted octanol–water partition coefficient (Wildman–Crippen LogP) is 4.66. The van der Waals surface area contributed by atoms with E-state index in [1.807, 2.05) is 6.07 Å². The number of ether oxygens (including phenoxy) is 1. The summed E-state index contributed by atoms with van der Waals surface area (Å²) in [6.45, 7) is 8.68. The summed E-state index contributed by atoms with van der Waals surface area (Å²) in [4.78, 5) is 11.9. The first-order chi connectivity index (χ1) is 11.3. The van der Waals surface area contributed by atoms with E-state index in [1.165, 1.54) is 11.1 Å². The van der Waals surface area contributed by atoms with Crippen molar-refractivity contribution in [2.75, 3.05) is 0 Å². The number of allylic oxidation sites excluding steroid dienone is 2. The van der Waals surface area contributed by atoms with E-state index >= 15 is 0 Å². The van der Waals surface area contributed by atoms with E-state index in [2.05, 4.69) is 33.8 Å². The van der Waals surface area contributed by atoms with Crippen LogP contribution in [0.3, 0.4) is 0 Å². The molecule has 1 aliphatic heterocycles. The summed E-state index contributed by atoms with van der Waals surface area (Å²) in [5.41, 5.74) is 4.87. The van der Waals surface area contributed by atoms with Crippen molar-refractivity contribution < 1.29 is 14.6 Å². The Morgan fingerprint density at radius 3 is 2.83 bits per heavy atom. The lowest BCUT2D eigenvalue weighted by Gasteiger charge is -2.59. The van der Waals surface area contributed by atoms with Gasteiger partial charge in [-0.2, -0.15) is 0 Å². The Morgan fingerprint density at radius 2 is 2.17 bits per heavy atom. The number of hydrogen-bond donors (Lipinski definition) is 1. The fraction of sp³-hybridized carbons (Fsp3) is 0.571. The highest BCUT2D eigenvalue weighted by molar-refractivity contribution is 5.94. The van der Waals surface area contributed by atoms with Crippen LogP contribution in [0.1, 0.15) is 74.0 Å². The van der Waals surface area contributed by atoms with Gasteiger partial charge in [0, 0.05) is 16.9 Å². The summed E-state index contributed by atoms with van der Waals surface area (Å²) in [7, 11) is 0. The number of aromatic carboxylic acids is 1. The van der Waals surface area contributed by atoms with Gasteiger partial charge in [0.25, 0.3) is 0 Å². The highest BCUT2D eigenvalue weighted by Gasteiger charge is 2.60. The second kappa shape index (κ2) is 4.87. The molecule has 2 aliphatic carbocycles. The molecule has 1 heterocycles. The van der Waals surface area contributed by atoms with E-state index in [4.69, 9.17) is 4.74 Å². The molecule has 0 amide bonds. The van der Waals surface area contributed by atoms with Crippen LogP contribution in [-0.4, -0.2) is 16.7 Å². The maximum atomic E-state index is 11.9. The van der Waals surface area contributed by atoms with E-state index in [0.717, 1.165) is 49.0 Å². The van der Waals surface area contributed by atoms with Crippen LogP contribution < -0.4 is 4.74 Å². The molecule has 0 saturated heterocycles. The molecular weight excluding hydrogens is 300 g/mol. The maximum Gasteiger partial charge on any atom is 0.336 e. The monoisotopic (exact) mass is 326 g/mol. The lowest BCUT2D eigenvalue weighted by molar-refractivity contribution is -0.0282. The van der Waals surface area contributed by atoms with Crippen LogP contribution in [0.4, 0.5) is 0 Å². The average Bonchev–Trinajstić information content (AvgIpc) is 2.44. The number of benzene rings is 1. The van der Waals surface area contributed by atoms with Crippen LogP contribution in [-0.2, 0) is 18.3 Å². The van der Waals surface area contributed by atoms with E-state index in [0.29, 0.717) is 11.5 Å². The van der Waals surface area contributed by atoms with Crippen LogP contribution in [0.5, 0.6) is 5.75 Å². The summed E-state index contributed by atoms with van der Waals surface area (Å²) >= 11 is 0. The zero-order valence-electron chi connectivity index (χ0n) is 15.0. The lowest BCUT2D eigenvalue weighted by atomic mass is 9.48. The van der Waals surface area contributed by atoms with Gasteiger partial charge >= 0.3 is 5.97 Å². The molecule has 1 spiro atoms. The van der Waals surface area contributed by atoms with E-state index in [9.17, 15) is 9.90 Å². The van der Waals surface area contributed by atoms with Crippen molar-refractivity contribution in [2.24, 2.45) is 5.92 Å². The quantitative estimate of drug-likeness (QED) is 0.822. The molecule has 0 aromatic heterocycles. The van der Waals surface area contributed by atoms with Crippen molar-refractivity contribution >= 4 is 5.97 Å². The van der Waals surface area contributed by atoms with Crippen molar-refractivity contribution in [1.29, 1.82) is 0 Å². The fourth-order valence-electron chi connectivity index (χ4n) is 5.53. The molecular formula is C21H26O3. The number of carboxylic acids is 1. The standard InChI is InChI=1S/C21H26O3/c1-5-6-13-9-15-18-14(17(13)19(22)23)11-21(18)10-12(2)7-8-16(21)20(3,4)24-15/h9-10,16H,5-8,11H2,1-4H3,(H,22,23)/t16-,21-/m0/s1. The minimum atomic E-state index is -0.788. The van der Waals surface area contributed by atoms with Gasteiger partial charge in [-0.3, -0.25) is 0 Å². The first-order valence-electron chi connectivity index (χ1n) is 9.10. The predicted molar refractivity (Wildman–Crippen MR) is 94.0 cm³/mol. The molecule has 2 atom stereocenters. The minimum Gasteiger partial charge on any atom is -0.487 e. The SMILES string of the molecule is CCCc1cc2c3c(c1C(=O)O)C[C@]31C=C(C)CC[C@H]1C(C)(C)O2. The number of aryl methyl sites for hydroxylation is 1. The van der Waals surface area contributed by atoms with Gasteiger partial charge < -0.3 is 9.84 Å². The van der Waals surface area contributed by atoms with Crippen molar-refractivity contribution in [1.82, 2.24) is 0 Å². The molecule has 3 aliphatic rings. The number of carboxylic acid groups (broad SMARTS) is 1. The van der Waals surface area contributed by atoms with Gasteiger partial charge in [0.15, 0.2) is 0 Å². The maximum absolute atomic E-state index is 11.9. The number of carbonyl (C=O) groups is 1. The minimum absolute atomic E-state index is 0.0102. The molecule has 0 unspecified atom stereocenters. The Labute approximate surface area is 143 Å². The van der Waals surface area contributed by atoms with Crippen LogP contribution in [0.25, 0.3) is 0 Å². The second-order valence-electron chi connectivity index (χ2n) is 8.32. The Morgan fingerprint density at radius 1 is 1.42 bits per heavy atom. The Hall–Kier alpha value is -1.77. The van der Waals surface area contributed by atoms with Crippen molar-refractivity contribution in [2.45, 2.75) is 70.8 Å². The zero-order chi connectivity index (χ0) is 17.3. The molecule has 3 nitrogen and oxygen atoms in total. The van der Waals surface area contributed by atoms with Crippen molar-refractivity contribution in [3.8, 4) is 5.75 Å². The molecule has 24 heavy (non-hydrogen) atoms. The molecule has 0 fully saturated rings. The van der Waals surface area contributed by atoms with Gasteiger partial charge in [0.05, 0.1) is 5.56 Å². The number of hydrogen-bond acceptors (Lipinski definition) is 2. The van der Waals surface area contributed by atoms with E-state index in [-0.39, 0.29) is 11.0 Å². The highest BCUT2D eigenvalue weighted by atomic mass is 16.5. The Bertz CT molecular complexity index is 772. The molecule has 1 N–H and O–H groups in total. The van der Waals surface area contributed by atoms with Gasteiger partial charge in [-0.05, 0) is 63.6 Å². The normalized spacial score (nSPS) is 28.8. The largest absolute Gasteiger partial charge is 0.487 e. The number of rotatable bonds is 3. The van der Waals surface area contributed by atoms with Crippen LogP contribution in [0.15, 0.2) is 17.7 Å². The molecule has 0 radical (unpaired) electrons. The Kier molecular flexibility index (Phi) is 3.20. The molecule has 128 valence electrons. The van der Waals surface area contributed by atoms with Crippen LogP contribution >= 0.6 is 0 Å². The Balaban J connectivity index is 1.98. The van der Waals surface area contributed by atoms with Crippen molar-refractivity contribution in [3.63, 3.8) is 0 Å². The second-order valence-corrected chi connectivity index (χ2v) is 8.32. The van der Waals surface area contributed by atoms with E-state index in [1.54, 1.807) is 0 Å². The van der Waals surface area contributed by atoms with Gasteiger partial charge in [0.1, 0.15) is 11.4 Å². The third-order valence-corrected chi connectivity index (χ3v) is 6.31. The summed E-state index contributed by atoms with van der Waals surface area (Å²) < 4.78 is 6.43. The first kappa shape index (κ1) is 15.7. The zero-order valence-corrected chi connectivity index (χ0v) is 15.0. The van der Waals surface area contributed by atoms with Crippen molar-refractivity contribution in [3.05, 3.63) is 40.0 Å². The topological polar surface area (TPSA) is 46.5 Å². The van der Waals surface area contributed by atoms with E-state index < -0.39 is 5.97 Å². The van der Waals surface area contributed by atoms with Gasteiger partial charge in [0.2, 0.25) is 0 Å². The molecule has 1 aromatic rings. The summed E-state index contributed by atoms with van der Waals surface area (Å²) in [6, 6.07) is 2.02. The molecule has 0 saturated carbocycles. The first-order valence-corrected chi connectivity index (χ1v) is 9.10. The third kappa shape index (κ3) is 1.87. The fourth-order valence-corrected chi connectivity index (χ4v) is 5.53. The lowest BCUT2D eigenvalue weighted by Crippen LogP contribution is -2.59. The smallest absolute Gasteiger partial charge is 0.336 e. The summed E-state index contributed by atoms with van der Waals surface area (Å²) in [5.74, 6) is 0.563. The van der Waals surface area contributed by atoms with Crippen LogP contribution in [0, 0.1) is 5.92 Å².